The van der Waals surface area contributed by atoms with E-state index in [-0.39, 0.29) is 0 Å². The fourth-order valence-electron chi connectivity index (χ4n) is 0.833. The summed E-state index contributed by atoms with van der Waals surface area (Å²) in [6.07, 6.45) is 5.76. The van der Waals surface area contributed by atoms with Crippen LogP contribution in [0.3, 0.4) is 0 Å². The number of phosphoric acid groups is 1. The highest BCUT2D eigenvalue weighted by Crippen LogP contribution is 2.27. The van der Waals surface area contributed by atoms with E-state index in [1.165, 1.54) is 25.7 Å². The average molecular weight is 195 g/mol. The molecular formula is C6H14NO4P. The number of hydrogen-bond acceptors (Lipinski definition) is 2. The first-order chi connectivity index (χ1) is 5.45. The molecule has 0 aliphatic heterocycles. The van der Waals surface area contributed by atoms with Crippen molar-refractivity contribution in [3.8, 4) is 0 Å². The van der Waals surface area contributed by atoms with Gasteiger partial charge in [-0.3, -0.25) is 0 Å². The Labute approximate surface area is 71.0 Å². The highest BCUT2D eigenvalue weighted by Gasteiger charge is 2.29. The van der Waals surface area contributed by atoms with Crippen LogP contribution in [0.2, 0.25) is 0 Å². The van der Waals surface area contributed by atoms with Crippen LogP contribution in [-0.2, 0) is 4.57 Å². The molecule has 0 radical (unpaired) electrons. The lowest BCUT2D eigenvalue weighted by Gasteiger charge is -1.92. The summed E-state index contributed by atoms with van der Waals surface area (Å²) in [5.41, 5.74) is 0. The second-order valence-corrected chi connectivity index (χ2v) is 4.26. The van der Waals surface area contributed by atoms with Crippen LogP contribution >= 0.6 is 7.82 Å². The van der Waals surface area contributed by atoms with Gasteiger partial charge in [-0.2, -0.15) is 0 Å². The van der Waals surface area contributed by atoms with Gasteiger partial charge >= 0.3 is 7.82 Å². The molecule has 0 saturated heterocycles. The zero-order valence-electron chi connectivity index (χ0n) is 6.68. The largest absolute Gasteiger partial charge is 0.466 e. The van der Waals surface area contributed by atoms with Crippen molar-refractivity contribution in [2.24, 2.45) is 0 Å². The molecule has 0 aromatic heterocycles. The molecule has 2 aliphatic carbocycles. The number of nitrogens with one attached hydrogen (secondary N) is 1. The molecule has 0 atom stereocenters. The molecule has 6 heteroatoms. The molecule has 5 nitrogen and oxygen atoms in total. The third kappa shape index (κ3) is 8.17. The summed E-state index contributed by atoms with van der Waals surface area (Å²) in [5, 5.41) is 3.53. The zero-order chi connectivity index (χ0) is 9.19. The van der Waals surface area contributed by atoms with Gasteiger partial charge in [0, 0.05) is 12.1 Å². The van der Waals surface area contributed by atoms with E-state index in [0.717, 1.165) is 12.1 Å². The van der Waals surface area contributed by atoms with E-state index < -0.39 is 7.82 Å². The fraction of sp³-hybridized carbons (Fsp3) is 1.00. The van der Waals surface area contributed by atoms with Crippen LogP contribution in [-0.4, -0.2) is 26.8 Å². The number of hydrogen-bond donors (Lipinski definition) is 4. The van der Waals surface area contributed by atoms with Gasteiger partial charge in [-0.1, -0.05) is 0 Å². The minimum absolute atomic E-state index is 0.937. The van der Waals surface area contributed by atoms with E-state index in [4.69, 9.17) is 19.2 Å². The Morgan fingerprint density at radius 2 is 1.25 bits per heavy atom. The highest BCUT2D eigenvalue weighted by molar-refractivity contribution is 7.45. The smallest absolute Gasteiger partial charge is 0.311 e. The Morgan fingerprint density at radius 3 is 1.42 bits per heavy atom. The SMILES string of the molecule is C1CC1NC1CC1.O=P(O)(O)O. The van der Waals surface area contributed by atoms with Crippen LogP contribution < -0.4 is 5.32 Å². The van der Waals surface area contributed by atoms with Crippen molar-refractivity contribution < 1.29 is 19.2 Å². The van der Waals surface area contributed by atoms with Gasteiger partial charge in [0.25, 0.3) is 0 Å². The summed E-state index contributed by atoms with van der Waals surface area (Å²) >= 11 is 0. The molecular weight excluding hydrogens is 181 g/mol. The molecule has 2 saturated carbocycles. The van der Waals surface area contributed by atoms with Crippen molar-refractivity contribution in [1.82, 2.24) is 5.32 Å². The van der Waals surface area contributed by atoms with Crippen molar-refractivity contribution in [2.45, 2.75) is 37.8 Å². The van der Waals surface area contributed by atoms with Gasteiger partial charge in [0.05, 0.1) is 0 Å². The predicted molar refractivity (Wildman–Crippen MR) is 43.4 cm³/mol. The van der Waals surface area contributed by atoms with Gasteiger partial charge in [-0.05, 0) is 25.7 Å². The molecule has 72 valence electrons. The van der Waals surface area contributed by atoms with Gasteiger partial charge in [0.15, 0.2) is 0 Å². The maximum atomic E-state index is 8.88. The average Bonchev–Trinajstić information content (AvgIpc) is 2.57. The Kier molecular flexibility index (Phi) is 3.26. The molecule has 0 heterocycles. The van der Waals surface area contributed by atoms with Crippen molar-refractivity contribution in [2.75, 3.05) is 0 Å². The molecule has 0 unspecified atom stereocenters. The molecule has 0 spiro atoms. The first kappa shape index (κ1) is 10.2. The lowest BCUT2D eigenvalue weighted by molar-refractivity contribution is 0.275. The molecule has 12 heavy (non-hydrogen) atoms. The van der Waals surface area contributed by atoms with Crippen LogP contribution in [0, 0.1) is 0 Å². The van der Waals surface area contributed by atoms with Gasteiger partial charge in [0.1, 0.15) is 0 Å². The van der Waals surface area contributed by atoms with Crippen LogP contribution in [0.15, 0.2) is 0 Å². The fourth-order valence-corrected chi connectivity index (χ4v) is 0.833. The molecule has 0 bridgehead atoms. The van der Waals surface area contributed by atoms with E-state index in [1.54, 1.807) is 0 Å². The Hall–Kier alpha value is 0.0700. The monoisotopic (exact) mass is 195 g/mol. The van der Waals surface area contributed by atoms with Gasteiger partial charge in [-0.25, -0.2) is 4.57 Å². The highest BCUT2D eigenvalue weighted by atomic mass is 31.2. The third-order valence-electron chi connectivity index (χ3n) is 1.63. The van der Waals surface area contributed by atoms with Crippen molar-refractivity contribution >= 4 is 7.82 Å². The maximum Gasteiger partial charge on any atom is 0.466 e. The van der Waals surface area contributed by atoms with Gasteiger partial charge in [0.2, 0.25) is 0 Å². The molecule has 0 amide bonds. The van der Waals surface area contributed by atoms with Gasteiger partial charge in [-0.15, -0.1) is 0 Å². The van der Waals surface area contributed by atoms with Crippen LogP contribution in [0.5, 0.6) is 0 Å². The third-order valence-corrected chi connectivity index (χ3v) is 1.63. The minimum atomic E-state index is -4.64. The second kappa shape index (κ2) is 3.85. The topological polar surface area (TPSA) is 89.8 Å². The first-order valence-corrected chi connectivity index (χ1v) is 5.56. The van der Waals surface area contributed by atoms with Crippen LogP contribution in [0.1, 0.15) is 25.7 Å². The number of rotatable bonds is 2. The standard InChI is InChI=1S/C6H11N.H3O4P/c1-2-5(1)7-6-3-4-6;1-5(2,3)4/h5-7H,1-4H2;(H3,1,2,3,4). The normalized spacial score (nSPS) is 22.9. The predicted octanol–water partition coefficient (Wildman–Crippen LogP) is -0.0278. The molecule has 2 aliphatic rings. The lowest BCUT2D eigenvalue weighted by atomic mass is 10.6. The summed E-state index contributed by atoms with van der Waals surface area (Å²) in [5.74, 6) is 0. The molecule has 0 aromatic carbocycles. The summed E-state index contributed by atoms with van der Waals surface area (Å²) in [6.45, 7) is 0. The first-order valence-electron chi connectivity index (χ1n) is 3.99. The van der Waals surface area contributed by atoms with E-state index in [1.807, 2.05) is 0 Å². The second-order valence-electron chi connectivity index (χ2n) is 3.23. The molecule has 4 N–H and O–H groups in total. The van der Waals surface area contributed by atoms with E-state index >= 15 is 0 Å². The molecule has 2 rings (SSSR count). The summed E-state index contributed by atoms with van der Waals surface area (Å²) in [6, 6.07) is 1.87. The Morgan fingerprint density at radius 1 is 1.00 bits per heavy atom. The summed E-state index contributed by atoms with van der Waals surface area (Å²) < 4.78 is 8.88. The summed E-state index contributed by atoms with van der Waals surface area (Å²) in [7, 11) is -4.64. The summed E-state index contributed by atoms with van der Waals surface area (Å²) in [4.78, 5) is 21.6. The Bertz CT molecular complexity index is 166. The van der Waals surface area contributed by atoms with Gasteiger partial charge < -0.3 is 20.0 Å². The van der Waals surface area contributed by atoms with Crippen molar-refractivity contribution in [1.29, 1.82) is 0 Å². The minimum Gasteiger partial charge on any atom is -0.311 e. The van der Waals surface area contributed by atoms with E-state index in [2.05, 4.69) is 5.32 Å². The van der Waals surface area contributed by atoms with E-state index in [9.17, 15) is 0 Å². The van der Waals surface area contributed by atoms with E-state index in [0.29, 0.717) is 0 Å². The Balaban J connectivity index is 0.000000130. The maximum absolute atomic E-state index is 8.88. The van der Waals surface area contributed by atoms with Crippen molar-refractivity contribution in [3.05, 3.63) is 0 Å². The molecule has 2 fully saturated rings. The van der Waals surface area contributed by atoms with Crippen LogP contribution in [0.4, 0.5) is 0 Å². The zero-order valence-corrected chi connectivity index (χ0v) is 7.57. The lowest BCUT2D eigenvalue weighted by Crippen LogP contribution is -2.17. The van der Waals surface area contributed by atoms with Crippen molar-refractivity contribution in [3.63, 3.8) is 0 Å². The quantitative estimate of drug-likeness (QED) is 0.465. The molecule has 0 aromatic rings. The van der Waals surface area contributed by atoms with Crippen LogP contribution in [0.25, 0.3) is 0 Å².